The zero-order valence-corrected chi connectivity index (χ0v) is 14.3. The maximum atomic E-state index is 12.9. The van der Waals surface area contributed by atoms with Gasteiger partial charge in [0.15, 0.2) is 0 Å². The highest BCUT2D eigenvalue weighted by Gasteiger charge is 2.45. The predicted octanol–water partition coefficient (Wildman–Crippen LogP) is 2.21. The zero-order valence-electron chi connectivity index (χ0n) is 14.3. The van der Waals surface area contributed by atoms with Crippen molar-refractivity contribution in [1.29, 1.82) is 0 Å². The van der Waals surface area contributed by atoms with Crippen LogP contribution >= 0.6 is 0 Å². The quantitative estimate of drug-likeness (QED) is 0.635. The second-order valence-electron chi connectivity index (χ2n) is 6.60. The fourth-order valence-corrected chi connectivity index (χ4v) is 3.54. The van der Waals surface area contributed by atoms with Crippen molar-refractivity contribution in [3.05, 3.63) is 34.9 Å². The van der Waals surface area contributed by atoms with Gasteiger partial charge in [-0.15, -0.1) is 0 Å². The first-order valence-electron chi connectivity index (χ1n) is 8.88. The van der Waals surface area contributed by atoms with Gasteiger partial charge in [0.05, 0.1) is 11.1 Å². The highest BCUT2D eigenvalue weighted by molar-refractivity contribution is 6.24. The summed E-state index contributed by atoms with van der Waals surface area (Å²) in [6, 6.07) is 4.40. The highest BCUT2D eigenvalue weighted by atomic mass is 16.2. The van der Waals surface area contributed by atoms with Crippen LogP contribution in [0.1, 0.15) is 71.7 Å². The molecular weight excluding hydrogens is 320 g/mol. The molecule has 0 aliphatic carbocycles. The number of amides is 4. The first kappa shape index (κ1) is 17.3. The maximum absolute atomic E-state index is 12.9. The molecule has 0 spiro atoms. The molecule has 0 saturated carbocycles. The number of hydrogen-bond donors (Lipinski definition) is 1. The summed E-state index contributed by atoms with van der Waals surface area (Å²) in [5.74, 6) is -1.80. The predicted molar refractivity (Wildman–Crippen MR) is 91.0 cm³/mol. The minimum atomic E-state index is -0.905. The van der Waals surface area contributed by atoms with Gasteiger partial charge in [0.25, 0.3) is 11.8 Å². The Hall–Kier alpha value is -2.50. The average molecular weight is 342 g/mol. The van der Waals surface area contributed by atoms with Crippen LogP contribution in [0.4, 0.5) is 0 Å². The molecule has 1 N–H and O–H groups in total. The minimum Gasteiger partial charge on any atom is -0.295 e. The van der Waals surface area contributed by atoms with Crippen molar-refractivity contribution in [3.63, 3.8) is 0 Å². The topological polar surface area (TPSA) is 83.6 Å². The third-order valence-electron chi connectivity index (χ3n) is 4.85. The first-order chi connectivity index (χ1) is 12.0. The van der Waals surface area contributed by atoms with Crippen LogP contribution in [0.2, 0.25) is 0 Å². The molecule has 0 aromatic heterocycles. The number of aryl methyl sites for hydroxylation is 1. The largest absolute Gasteiger partial charge is 0.295 e. The monoisotopic (exact) mass is 342 g/mol. The van der Waals surface area contributed by atoms with Crippen LogP contribution in [0.5, 0.6) is 0 Å². The molecule has 2 aliphatic heterocycles. The third-order valence-corrected chi connectivity index (χ3v) is 4.85. The van der Waals surface area contributed by atoms with Crippen LogP contribution in [0, 0.1) is 0 Å². The van der Waals surface area contributed by atoms with Crippen LogP contribution in [0.15, 0.2) is 18.2 Å². The van der Waals surface area contributed by atoms with Crippen LogP contribution in [0.3, 0.4) is 0 Å². The van der Waals surface area contributed by atoms with E-state index in [9.17, 15) is 19.2 Å². The van der Waals surface area contributed by atoms with Gasteiger partial charge in [0.1, 0.15) is 6.04 Å². The second kappa shape index (κ2) is 7.17. The number of hydrogen-bond acceptors (Lipinski definition) is 4. The molecule has 1 aromatic carbocycles. The van der Waals surface area contributed by atoms with Crippen LogP contribution in [0.25, 0.3) is 0 Å². The lowest BCUT2D eigenvalue weighted by atomic mass is 9.98. The summed E-state index contributed by atoms with van der Waals surface area (Å²) in [6.45, 7) is 2.14. The molecule has 1 saturated heterocycles. The number of nitrogens with one attached hydrogen (secondary N) is 1. The Bertz CT molecular complexity index is 741. The first-order valence-corrected chi connectivity index (χ1v) is 8.88. The van der Waals surface area contributed by atoms with Crippen molar-refractivity contribution < 1.29 is 19.2 Å². The van der Waals surface area contributed by atoms with Crippen LogP contribution in [-0.2, 0) is 16.0 Å². The van der Waals surface area contributed by atoms with E-state index in [0.717, 1.165) is 42.6 Å². The van der Waals surface area contributed by atoms with Gasteiger partial charge in [-0.1, -0.05) is 38.3 Å². The normalized spacial score (nSPS) is 20.0. The van der Waals surface area contributed by atoms with Gasteiger partial charge in [-0.05, 0) is 30.9 Å². The number of rotatable bonds is 6. The van der Waals surface area contributed by atoms with Crippen molar-refractivity contribution >= 4 is 23.6 Å². The zero-order chi connectivity index (χ0) is 18.0. The smallest absolute Gasteiger partial charge is 0.262 e. The Balaban J connectivity index is 1.84. The van der Waals surface area contributed by atoms with Crippen LogP contribution in [-0.4, -0.2) is 34.6 Å². The van der Waals surface area contributed by atoms with Gasteiger partial charge in [-0.2, -0.15) is 0 Å². The number of imide groups is 2. The number of carbonyl (C=O) groups excluding carboxylic acids is 4. The van der Waals surface area contributed by atoms with E-state index in [1.807, 2.05) is 6.07 Å². The summed E-state index contributed by atoms with van der Waals surface area (Å²) < 4.78 is 0. The molecule has 2 heterocycles. The number of unbranched alkanes of at least 4 members (excludes halogenated alkanes) is 3. The molecule has 4 amide bonds. The molecule has 3 rings (SSSR count). The van der Waals surface area contributed by atoms with Crippen molar-refractivity contribution in [2.24, 2.45) is 0 Å². The summed E-state index contributed by atoms with van der Waals surface area (Å²) in [6.07, 6.45) is 5.38. The van der Waals surface area contributed by atoms with E-state index < -0.39 is 23.8 Å². The van der Waals surface area contributed by atoms with Crippen molar-refractivity contribution in [1.82, 2.24) is 10.2 Å². The molecule has 132 valence electrons. The van der Waals surface area contributed by atoms with Gasteiger partial charge in [-0.25, -0.2) is 0 Å². The van der Waals surface area contributed by atoms with E-state index in [1.54, 1.807) is 12.1 Å². The second-order valence-corrected chi connectivity index (χ2v) is 6.60. The van der Waals surface area contributed by atoms with Gasteiger partial charge in [0, 0.05) is 6.42 Å². The molecule has 1 unspecified atom stereocenters. The summed E-state index contributed by atoms with van der Waals surface area (Å²) in [5, 5.41) is 2.21. The molecule has 1 aromatic rings. The van der Waals surface area contributed by atoms with Gasteiger partial charge >= 0.3 is 0 Å². The molecule has 1 atom stereocenters. The number of piperidine rings is 1. The average Bonchev–Trinajstić information content (AvgIpc) is 2.84. The molecule has 0 radical (unpaired) electrons. The van der Waals surface area contributed by atoms with E-state index in [4.69, 9.17) is 0 Å². The Morgan fingerprint density at radius 2 is 1.88 bits per heavy atom. The Kier molecular flexibility index (Phi) is 4.97. The van der Waals surface area contributed by atoms with E-state index in [0.29, 0.717) is 11.1 Å². The molecule has 1 fully saturated rings. The summed E-state index contributed by atoms with van der Waals surface area (Å²) >= 11 is 0. The Labute approximate surface area is 146 Å². The SMILES string of the molecule is CCCCCCc1cccc2c1C(=O)N(C1CCC(=O)NC1=O)C2=O. The fraction of sp³-hybridized carbons (Fsp3) is 0.474. The lowest BCUT2D eigenvalue weighted by Crippen LogP contribution is -2.54. The van der Waals surface area contributed by atoms with Gasteiger partial charge < -0.3 is 0 Å². The maximum Gasteiger partial charge on any atom is 0.262 e. The Morgan fingerprint density at radius 3 is 2.60 bits per heavy atom. The lowest BCUT2D eigenvalue weighted by molar-refractivity contribution is -0.136. The molecular formula is C19H22N2O4. The number of fused-ring (bicyclic) bond motifs is 1. The van der Waals surface area contributed by atoms with Gasteiger partial charge in [0.2, 0.25) is 11.8 Å². The Morgan fingerprint density at radius 1 is 1.08 bits per heavy atom. The fourth-order valence-electron chi connectivity index (χ4n) is 3.54. The van der Waals surface area contributed by atoms with E-state index in [1.165, 1.54) is 0 Å². The van der Waals surface area contributed by atoms with Gasteiger partial charge in [-0.3, -0.25) is 29.4 Å². The van der Waals surface area contributed by atoms with Crippen molar-refractivity contribution in [3.8, 4) is 0 Å². The van der Waals surface area contributed by atoms with E-state index in [2.05, 4.69) is 12.2 Å². The summed E-state index contributed by atoms with van der Waals surface area (Å²) in [7, 11) is 0. The minimum absolute atomic E-state index is 0.133. The molecule has 0 bridgehead atoms. The summed E-state index contributed by atoms with van der Waals surface area (Å²) in [5.41, 5.74) is 1.65. The molecule has 2 aliphatic rings. The third kappa shape index (κ3) is 3.21. The number of carbonyl (C=O) groups is 4. The van der Waals surface area contributed by atoms with E-state index in [-0.39, 0.29) is 18.7 Å². The van der Waals surface area contributed by atoms with Crippen LogP contribution < -0.4 is 5.32 Å². The number of nitrogens with zero attached hydrogens (tertiary/aromatic N) is 1. The standard InChI is InChI=1S/C19H22N2O4/c1-2-3-4-5-7-12-8-6-9-13-16(12)19(25)21(18(13)24)14-10-11-15(22)20-17(14)23/h6,8-9,14H,2-5,7,10-11H2,1H3,(H,20,22,23). The summed E-state index contributed by atoms with van der Waals surface area (Å²) in [4.78, 5) is 50.0. The van der Waals surface area contributed by atoms with Crippen molar-refractivity contribution in [2.45, 2.75) is 57.9 Å². The highest BCUT2D eigenvalue weighted by Crippen LogP contribution is 2.30. The molecule has 25 heavy (non-hydrogen) atoms. The van der Waals surface area contributed by atoms with Crippen molar-refractivity contribution in [2.75, 3.05) is 0 Å². The lowest BCUT2D eigenvalue weighted by Gasteiger charge is -2.27. The molecule has 6 heteroatoms. The van der Waals surface area contributed by atoms with E-state index >= 15 is 0 Å². The number of benzene rings is 1. The molecule has 6 nitrogen and oxygen atoms in total.